The maximum Gasteiger partial charge on any atom is 0.513 e. The predicted octanol–water partition coefficient (Wildman–Crippen LogP) is 5.69. The molecule has 1 aliphatic heterocycles. The van der Waals surface area contributed by atoms with Gasteiger partial charge in [-0.15, -0.1) is 11.8 Å². The second kappa shape index (κ2) is 10.8. The molecule has 0 fully saturated rings. The fraction of sp³-hybridized carbons (Fsp3) is 0.250. The van der Waals surface area contributed by atoms with Crippen molar-refractivity contribution in [3.8, 4) is 0 Å². The van der Waals surface area contributed by atoms with Crippen LogP contribution in [-0.4, -0.2) is 26.5 Å². The molecular formula is C24H25NO6S. The number of carbonyl (C=O) groups is 2. The van der Waals surface area contributed by atoms with Gasteiger partial charge in [0.1, 0.15) is 17.4 Å². The van der Waals surface area contributed by atoms with E-state index in [0.29, 0.717) is 11.4 Å². The van der Waals surface area contributed by atoms with Crippen molar-refractivity contribution in [1.82, 2.24) is 5.32 Å². The molecule has 0 radical (unpaired) electrons. The number of ether oxygens (including phenoxy) is 4. The molecule has 0 aliphatic carbocycles. The molecule has 0 aromatic heterocycles. The Hall–Kier alpha value is -3.39. The topological polar surface area (TPSA) is 83.1 Å². The van der Waals surface area contributed by atoms with Crippen molar-refractivity contribution in [3.63, 3.8) is 0 Å². The van der Waals surface area contributed by atoms with E-state index < -0.39 is 18.2 Å². The van der Waals surface area contributed by atoms with Crippen molar-refractivity contribution < 1.29 is 28.5 Å². The number of hydrogen-bond acceptors (Lipinski definition) is 8. The Kier molecular flexibility index (Phi) is 7.83. The quantitative estimate of drug-likeness (QED) is 0.439. The van der Waals surface area contributed by atoms with Crippen LogP contribution in [0.4, 0.5) is 9.59 Å². The van der Waals surface area contributed by atoms with Crippen LogP contribution in [0.5, 0.6) is 0 Å². The van der Waals surface area contributed by atoms with Gasteiger partial charge < -0.3 is 24.3 Å². The lowest BCUT2D eigenvalue weighted by molar-refractivity contribution is 0.0784. The first kappa shape index (κ1) is 23.3. The van der Waals surface area contributed by atoms with Gasteiger partial charge in [0.2, 0.25) is 0 Å². The number of nitrogens with one attached hydrogen (secondary N) is 1. The first-order valence-corrected chi connectivity index (χ1v) is 10.9. The summed E-state index contributed by atoms with van der Waals surface area (Å²) in [5, 5.41) is 3.10. The summed E-state index contributed by atoms with van der Waals surface area (Å²) in [6.07, 6.45) is -1.73. The lowest BCUT2D eigenvalue weighted by Crippen LogP contribution is -2.29. The fourth-order valence-electron chi connectivity index (χ4n) is 3.36. The highest BCUT2D eigenvalue weighted by Gasteiger charge is 2.36. The Balaban J connectivity index is 2.05. The van der Waals surface area contributed by atoms with E-state index in [0.717, 1.165) is 16.2 Å². The van der Waals surface area contributed by atoms with Crippen molar-refractivity contribution in [1.29, 1.82) is 0 Å². The summed E-state index contributed by atoms with van der Waals surface area (Å²) < 4.78 is 20.4. The van der Waals surface area contributed by atoms with Crippen LogP contribution >= 0.6 is 11.8 Å². The number of allylic oxidation sites excluding steroid dienone is 2. The molecule has 1 aliphatic rings. The Morgan fingerprint density at radius 3 is 1.94 bits per heavy atom. The molecule has 2 aromatic carbocycles. The fourth-order valence-corrected chi connectivity index (χ4v) is 4.40. The highest BCUT2D eigenvalue weighted by Crippen LogP contribution is 2.43. The van der Waals surface area contributed by atoms with Crippen molar-refractivity contribution in [3.05, 3.63) is 88.6 Å². The SMILES string of the molecule is COC(=O)OC1=C(C)NC(C)=C(OC(=O)OC)C1c1ccccc1SCc1ccccc1. The number of carbonyl (C=O) groups excluding carboxylic acids is 2. The van der Waals surface area contributed by atoms with E-state index in [1.165, 1.54) is 19.8 Å². The van der Waals surface area contributed by atoms with E-state index in [9.17, 15) is 9.59 Å². The smallest absolute Gasteiger partial charge is 0.437 e. The molecule has 1 N–H and O–H groups in total. The predicted molar refractivity (Wildman–Crippen MR) is 121 cm³/mol. The third-order valence-corrected chi connectivity index (χ3v) is 5.99. The number of methoxy groups -OCH3 is 2. The highest BCUT2D eigenvalue weighted by atomic mass is 32.2. The van der Waals surface area contributed by atoms with E-state index in [1.54, 1.807) is 25.6 Å². The van der Waals surface area contributed by atoms with Gasteiger partial charge in [-0.05, 0) is 31.0 Å². The van der Waals surface area contributed by atoms with E-state index in [-0.39, 0.29) is 11.5 Å². The van der Waals surface area contributed by atoms with E-state index in [2.05, 4.69) is 17.4 Å². The van der Waals surface area contributed by atoms with Gasteiger partial charge in [-0.2, -0.15) is 0 Å². The normalized spacial score (nSPS) is 14.0. The Morgan fingerprint density at radius 2 is 1.38 bits per heavy atom. The minimum atomic E-state index is -0.863. The molecule has 2 aromatic rings. The van der Waals surface area contributed by atoms with Crippen LogP contribution in [0, 0.1) is 0 Å². The van der Waals surface area contributed by atoms with Gasteiger partial charge in [-0.1, -0.05) is 48.5 Å². The molecule has 7 nitrogen and oxygen atoms in total. The van der Waals surface area contributed by atoms with Gasteiger partial charge in [0.05, 0.1) is 25.6 Å². The summed E-state index contributed by atoms with van der Waals surface area (Å²) in [7, 11) is 2.47. The van der Waals surface area contributed by atoms with Crippen LogP contribution in [0.3, 0.4) is 0 Å². The van der Waals surface area contributed by atoms with Crippen molar-refractivity contribution in [2.75, 3.05) is 14.2 Å². The number of rotatable bonds is 6. The maximum absolute atomic E-state index is 12.0. The maximum atomic E-state index is 12.0. The number of benzene rings is 2. The van der Waals surface area contributed by atoms with Crippen molar-refractivity contribution in [2.45, 2.75) is 30.4 Å². The third kappa shape index (κ3) is 5.45. The molecule has 3 rings (SSSR count). The van der Waals surface area contributed by atoms with Gasteiger partial charge in [0.25, 0.3) is 0 Å². The first-order valence-electron chi connectivity index (χ1n) is 9.90. The summed E-state index contributed by atoms with van der Waals surface area (Å²) in [6, 6.07) is 17.8. The molecule has 1 heterocycles. The van der Waals surface area contributed by atoms with E-state index in [4.69, 9.17) is 18.9 Å². The Labute approximate surface area is 191 Å². The van der Waals surface area contributed by atoms with Crippen molar-refractivity contribution >= 4 is 24.1 Å². The lowest BCUT2D eigenvalue weighted by atomic mass is 9.90. The lowest BCUT2D eigenvalue weighted by Gasteiger charge is -2.31. The average molecular weight is 456 g/mol. The summed E-state index contributed by atoms with van der Waals surface area (Å²) in [4.78, 5) is 25.0. The molecule has 8 heteroatoms. The third-order valence-electron chi connectivity index (χ3n) is 4.83. The van der Waals surface area contributed by atoms with E-state index >= 15 is 0 Å². The molecule has 0 spiro atoms. The highest BCUT2D eigenvalue weighted by molar-refractivity contribution is 7.98. The van der Waals surface area contributed by atoms with E-state index in [1.807, 2.05) is 42.5 Å². The standard InChI is InChI=1S/C24H25NO6S/c1-15-21(30-23(26)28-3)20(22(16(2)25-15)31-24(27)29-4)18-12-8-9-13-19(18)32-14-17-10-6-5-7-11-17/h5-13,20,25H,14H2,1-4H3. The molecule has 0 amide bonds. The van der Waals surface area contributed by atoms with Crippen molar-refractivity contribution in [2.24, 2.45) is 0 Å². The van der Waals surface area contributed by atoms with Crippen LogP contribution in [0.1, 0.15) is 30.9 Å². The van der Waals surface area contributed by atoms with Gasteiger partial charge in [-0.25, -0.2) is 9.59 Å². The molecule has 0 atom stereocenters. The van der Waals surface area contributed by atoms with Crippen LogP contribution in [-0.2, 0) is 24.7 Å². The van der Waals surface area contributed by atoms with Gasteiger partial charge in [0, 0.05) is 10.6 Å². The summed E-state index contributed by atoms with van der Waals surface area (Å²) in [6.45, 7) is 3.56. The molecule has 32 heavy (non-hydrogen) atoms. The van der Waals surface area contributed by atoms with Gasteiger partial charge in [-0.3, -0.25) is 0 Å². The zero-order valence-electron chi connectivity index (χ0n) is 18.3. The Bertz CT molecular complexity index is 1010. The second-order valence-corrected chi connectivity index (χ2v) is 7.98. The summed E-state index contributed by atoms with van der Waals surface area (Å²) in [5.74, 6) is 0.659. The van der Waals surface area contributed by atoms with Crippen LogP contribution in [0.2, 0.25) is 0 Å². The molecule has 0 saturated carbocycles. The molecular weight excluding hydrogens is 430 g/mol. The van der Waals surface area contributed by atoms with Crippen LogP contribution in [0.15, 0.2) is 82.4 Å². The monoisotopic (exact) mass is 455 g/mol. The number of thioether (sulfide) groups is 1. The molecule has 168 valence electrons. The van der Waals surface area contributed by atoms with Crippen LogP contribution in [0.25, 0.3) is 0 Å². The van der Waals surface area contributed by atoms with Gasteiger partial charge >= 0.3 is 12.3 Å². The number of hydrogen-bond donors (Lipinski definition) is 1. The average Bonchev–Trinajstić information content (AvgIpc) is 2.81. The number of dihydropyridines is 1. The second-order valence-electron chi connectivity index (χ2n) is 6.96. The zero-order chi connectivity index (χ0) is 23.1. The largest absolute Gasteiger partial charge is 0.513 e. The summed E-state index contributed by atoms with van der Waals surface area (Å²) in [5.41, 5.74) is 3.22. The summed E-state index contributed by atoms with van der Waals surface area (Å²) >= 11 is 1.64. The van der Waals surface area contributed by atoms with Gasteiger partial charge in [0.15, 0.2) is 0 Å². The molecule has 0 saturated heterocycles. The molecule has 0 bridgehead atoms. The Morgan fingerprint density at radius 1 is 0.844 bits per heavy atom. The minimum absolute atomic E-state index is 0.286. The molecule has 0 unspecified atom stereocenters. The zero-order valence-corrected chi connectivity index (χ0v) is 19.2. The minimum Gasteiger partial charge on any atom is -0.437 e. The first-order chi connectivity index (χ1) is 15.4. The van der Waals surface area contributed by atoms with Crippen LogP contribution < -0.4 is 5.32 Å².